The van der Waals surface area contributed by atoms with Crippen molar-refractivity contribution in [2.24, 2.45) is 5.73 Å². The maximum absolute atomic E-state index is 13.2. The minimum absolute atomic E-state index is 0.206. The van der Waals surface area contributed by atoms with Crippen LogP contribution in [0.2, 0.25) is 0 Å². The summed E-state index contributed by atoms with van der Waals surface area (Å²) >= 11 is 0. The van der Waals surface area contributed by atoms with Gasteiger partial charge in [0, 0.05) is 31.4 Å². The van der Waals surface area contributed by atoms with Crippen LogP contribution in [0.4, 0.5) is 10.1 Å². The quantitative estimate of drug-likeness (QED) is 0.889. The van der Waals surface area contributed by atoms with Gasteiger partial charge in [0.25, 0.3) is 0 Å². The highest BCUT2D eigenvalue weighted by molar-refractivity contribution is 5.54. The summed E-state index contributed by atoms with van der Waals surface area (Å²) in [7, 11) is 4.26. The summed E-state index contributed by atoms with van der Waals surface area (Å²) in [4.78, 5) is 4.60. The molecule has 0 bridgehead atoms. The fraction of sp³-hybridized carbons (Fsp3) is 0.571. The molecule has 0 saturated carbocycles. The average Bonchev–Trinajstić information content (AvgIpc) is 2.38. The minimum atomic E-state index is -0.206. The lowest BCUT2D eigenvalue weighted by Gasteiger charge is -2.37. The van der Waals surface area contributed by atoms with Crippen LogP contribution in [0.25, 0.3) is 0 Å². The molecule has 0 atom stereocenters. The van der Waals surface area contributed by atoms with Gasteiger partial charge >= 0.3 is 0 Å². The van der Waals surface area contributed by atoms with Crippen LogP contribution < -0.4 is 10.6 Å². The van der Waals surface area contributed by atoms with Gasteiger partial charge in [-0.2, -0.15) is 0 Å². The van der Waals surface area contributed by atoms with Crippen LogP contribution in [0.3, 0.4) is 0 Å². The first-order valence-corrected chi connectivity index (χ1v) is 6.51. The second kappa shape index (κ2) is 5.67. The molecule has 1 aromatic rings. The van der Waals surface area contributed by atoms with Crippen molar-refractivity contribution in [1.29, 1.82) is 0 Å². The van der Waals surface area contributed by atoms with E-state index >= 15 is 0 Å². The lowest BCUT2D eigenvalue weighted by atomic mass is 10.0. The van der Waals surface area contributed by atoms with E-state index < -0.39 is 0 Å². The summed E-state index contributed by atoms with van der Waals surface area (Å²) in [6, 6.07) is 5.58. The van der Waals surface area contributed by atoms with Gasteiger partial charge in [0.2, 0.25) is 0 Å². The van der Waals surface area contributed by atoms with Crippen LogP contribution in [0.15, 0.2) is 18.2 Å². The number of anilines is 1. The van der Waals surface area contributed by atoms with E-state index in [0.29, 0.717) is 12.6 Å². The number of nitrogens with zero attached hydrogens (tertiary/aromatic N) is 2. The Bertz CT molecular complexity index is 398. The SMILES string of the molecule is CN(C)C1CCN(c2ccc(F)cc2CN)CC1. The number of benzene rings is 1. The number of halogens is 1. The van der Waals surface area contributed by atoms with E-state index in [1.54, 1.807) is 6.07 Å². The molecule has 1 aromatic carbocycles. The highest BCUT2D eigenvalue weighted by Crippen LogP contribution is 2.25. The van der Waals surface area contributed by atoms with E-state index in [4.69, 9.17) is 5.73 Å². The maximum atomic E-state index is 13.2. The Balaban J connectivity index is 2.09. The minimum Gasteiger partial charge on any atom is -0.371 e. The number of rotatable bonds is 3. The lowest BCUT2D eigenvalue weighted by Crippen LogP contribution is -2.42. The van der Waals surface area contributed by atoms with Gasteiger partial charge in [0.15, 0.2) is 0 Å². The molecule has 0 aromatic heterocycles. The first-order chi connectivity index (χ1) is 8.61. The second-order valence-electron chi connectivity index (χ2n) is 5.16. The monoisotopic (exact) mass is 251 g/mol. The summed E-state index contributed by atoms with van der Waals surface area (Å²) in [6.07, 6.45) is 2.29. The number of piperidine rings is 1. The predicted molar refractivity (Wildman–Crippen MR) is 73.2 cm³/mol. The third-order valence-corrected chi connectivity index (χ3v) is 3.80. The molecule has 0 unspecified atom stereocenters. The molecule has 1 aliphatic heterocycles. The van der Waals surface area contributed by atoms with Crippen LogP contribution in [-0.2, 0) is 6.54 Å². The molecule has 1 fully saturated rings. The zero-order chi connectivity index (χ0) is 13.1. The molecular formula is C14H22FN3. The topological polar surface area (TPSA) is 32.5 Å². The molecule has 100 valence electrons. The Morgan fingerprint density at radius 3 is 2.56 bits per heavy atom. The first-order valence-electron chi connectivity index (χ1n) is 6.51. The Kier molecular flexibility index (Phi) is 4.19. The number of nitrogens with two attached hydrogens (primary N) is 1. The highest BCUT2D eigenvalue weighted by Gasteiger charge is 2.21. The molecule has 2 rings (SSSR count). The molecule has 2 N–H and O–H groups in total. The molecule has 1 saturated heterocycles. The van der Waals surface area contributed by atoms with Crippen molar-refractivity contribution in [1.82, 2.24) is 4.90 Å². The molecule has 4 heteroatoms. The van der Waals surface area contributed by atoms with E-state index in [0.717, 1.165) is 37.2 Å². The highest BCUT2D eigenvalue weighted by atomic mass is 19.1. The number of hydrogen-bond donors (Lipinski definition) is 1. The number of hydrogen-bond acceptors (Lipinski definition) is 3. The van der Waals surface area contributed by atoms with Crippen molar-refractivity contribution in [3.8, 4) is 0 Å². The van der Waals surface area contributed by atoms with Gasteiger partial charge in [-0.05, 0) is 50.7 Å². The fourth-order valence-electron chi connectivity index (χ4n) is 2.65. The third-order valence-electron chi connectivity index (χ3n) is 3.80. The molecule has 0 aliphatic carbocycles. The molecule has 1 heterocycles. The predicted octanol–water partition coefficient (Wildman–Crippen LogP) is 1.81. The molecule has 0 radical (unpaired) electrons. The van der Waals surface area contributed by atoms with Crippen molar-refractivity contribution >= 4 is 5.69 Å². The van der Waals surface area contributed by atoms with Crippen molar-refractivity contribution in [2.45, 2.75) is 25.4 Å². The maximum Gasteiger partial charge on any atom is 0.123 e. The van der Waals surface area contributed by atoms with E-state index in [1.165, 1.54) is 6.07 Å². The van der Waals surface area contributed by atoms with Crippen LogP contribution in [0.1, 0.15) is 18.4 Å². The third kappa shape index (κ3) is 2.82. The van der Waals surface area contributed by atoms with Gasteiger partial charge in [-0.3, -0.25) is 0 Å². The van der Waals surface area contributed by atoms with Gasteiger partial charge in [0.05, 0.1) is 0 Å². The smallest absolute Gasteiger partial charge is 0.123 e. The standard InChI is InChI=1S/C14H22FN3/c1-17(2)13-5-7-18(8-6-13)14-4-3-12(15)9-11(14)10-16/h3-4,9,13H,5-8,10,16H2,1-2H3. The van der Waals surface area contributed by atoms with Crippen molar-refractivity contribution in [3.05, 3.63) is 29.6 Å². The summed E-state index contributed by atoms with van der Waals surface area (Å²) in [5, 5.41) is 0. The normalized spacial score (nSPS) is 17.5. The van der Waals surface area contributed by atoms with Crippen LogP contribution in [0, 0.1) is 5.82 Å². The molecular weight excluding hydrogens is 229 g/mol. The summed E-state index contributed by atoms with van der Waals surface area (Å²) in [6.45, 7) is 2.42. The lowest BCUT2D eigenvalue weighted by molar-refractivity contribution is 0.249. The average molecular weight is 251 g/mol. The van der Waals surface area contributed by atoms with Gasteiger partial charge in [-0.1, -0.05) is 0 Å². The molecule has 0 spiro atoms. The van der Waals surface area contributed by atoms with Crippen molar-refractivity contribution in [2.75, 3.05) is 32.1 Å². The van der Waals surface area contributed by atoms with Gasteiger partial charge in [0.1, 0.15) is 5.82 Å². The summed E-state index contributed by atoms with van der Waals surface area (Å²) in [5.41, 5.74) is 7.69. The van der Waals surface area contributed by atoms with Crippen LogP contribution in [0.5, 0.6) is 0 Å². The molecule has 18 heavy (non-hydrogen) atoms. The van der Waals surface area contributed by atoms with E-state index in [1.807, 2.05) is 6.07 Å². The van der Waals surface area contributed by atoms with Gasteiger partial charge < -0.3 is 15.5 Å². The molecule has 3 nitrogen and oxygen atoms in total. The van der Waals surface area contributed by atoms with Crippen LogP contribution >= 0.6 is 0 Å². The Morgan fingerprint density at radius 2 is 2.00 bits per heavy atom. The first kappa shape index (κ1) is 13.3. The second-order valence-corrected chi connectivity index (χ2v) is 5.16. The van der Waals surface area contributed by atoms with Crippen molar-refractivity contribution in [3.63, 3.8) is 0 Å². The fourth-order valence-corrected chi connectivity index (χ4v) is 2.65. The Labute approximate surface area is 108 Å². The zero-order valence-corrected chi connectivity index (χ0v) is 11.2. The van der Waals surface area contributed by atoms with Gasteiger partial charge in [-0.25, -0.2) is 4.39 Å². The Morgan fingerprint density at radius 1 is 1.33 bits per heavy atom. The van der Waals surface area contributed by atoms with E-state index in [2.05, 4.69) is 23.9 Å². The van der Waals surface area contributed by atoms with E-state index in [9.17, 15) is 4.39 Å². The molecule has 1 aliphatic rings. The summed E-state index contributed by atoms with van der Waals surface area (Å²) in [5.74, 6) is -0.206. The van der Waals surface area contributed by atoms with Crippen LogP contribution in [-0.4, -0.2) is 38.1 Å². The van der Waals surface area contributed by atoms with Gasteiger partial charge in [-0.15, -0.1) is 0 Å². The molecule has 0 amide bonds. The van der Waals surface area contributed by atoms with Crippen molar-refractivity contribution < 1.29 is 4.39 Å². The summed E-state index contributed by atoms with van der Waals surface area (Å²) < 4.78 is 13.2. The van der Waals surface area contributed by atoms with E-state index in [-0.39, 0.29) is 5.82 Å². The zero-order valence-electron chi connectivity index (χ0n) is 11.2. The Hall–Kier alpha value is -1.13. The largest absolute Gasteiger partial charge is 0.371 e.